The normalized spacial score (nSPS) is 10.6. The van der Waals surface area contributed by atoms with Crippen LogP contribution < -0.4 is 5.32 Å². The second kappa shape index (κ2) is 5.55. The molecule has 5 nitrogen and oxygen atoms in total. The Balaban J connectivity index is 2.41. The van der Waals surface area contributed by atoms with E-state index in [0.29, 0.717) is 5.56 Å². The molecule has 0 atom stereocenters. The molecule has 0 unspecified atom stereocenters. The van der Waals surface area contributed by atoms with Crippen molar-refractivity contribution in [3.05, 3.63) is 42.0 Å². The Morgan fingerprint density at radius 2 is 2.05 bits per heavy atom. The zero-order chi connectivity index (χ0) is 14.7. The van der Waals surface area contributed by atoms with Gasteiger partial charge in [-0.3, -0.25) is 5.32 Å². The molecule has 0 radical (unpaired) electrons. The van der Waals surface area contributed by atoms with E-state index in [1.54, 1.807) is 0 Å². The Labute approximate surface area is 111 Å². The van der Waals surface area contributed by atoms with Crippen molar-refractivity contribution >= 4 is 11.9 Å². The fraction of sp³-hybridized carbons (Fsp3) is 0.0833. The molecule has 2 aromatic rings. The van der Waals surface area contributed by atoms with E-state index < -0.39 is 24.0 Å². The molecule has 2 rings (SSSR count). The quantitative estimate of drug-likeness (QED) is 0.906. The molecule has 0 saturated carbocycles. The van der Waals surface area contributed by atoms with E-state index in [2.05, 4.69) is 9.97 Å². The van der Waals surface area contributed by atoms with E-state index in [1.165, 1.54) is 24.4 Å². The Bertz CT molecular complexity index is 650. The van der Waals surface area contributed by atoms with Gasteiger partial charge in [-0.1, -0.05) is 0 Å². The Morgan fingerprint density at radius 3 is 2.70 bits per heavy atom. The van der Waals surface area contributed by atoms with E-state index in [1.807, 2.05) is 5.32 Å². The van der Waals surface area contributed by atoms with Gasteiger partial charge in [0, 0.05) is 11.8 Å². The van der Waals surface area contributed by atoms with Crippen molar-refractivity contribution in [3.63, 3.8) is 0 Å². The van der Waals surface area contributed by atoms with Crippen molar-refractivity contribution in [1.82, 2.24) is 9.97 Å². The number of nitrogens with zero attached hydrogens (tertiary/aromatic N) is 2. The van der Waals surface area contributed by atoms with Crippen LogP contribution in [0, 0.1) is 5.82 Å². The van der Waals surface area contributed by atoms with Crippen LogP contribution in [0.15, 0.2) is 30.5 Å². The summed E-state index contributed by atoms with van der Waals surface area (Å²) in [5.74, 6) is -1.08. The van der Waals surface area contributed by atoms with Crippen molar-refractivity contribution in [3.8, 4) is 11.3 Å². The van der Waals surface area contributed by atoms with Crippen molar-refractivity contribution < 1.29 is 23.1 Å². The van der Waals surface area contributed by atoms with Crippen molar-refractivity contribution in [2.75, 3.05) is 5.32 Å². The number of carbonyl (C=O) groups is 1. The minimum absolute atomic E-state index is 0.0136. The number of hydrogen-bond donors (Lipinski definition) is 2. The zero-order valence-electron chi connectivity index (χ0n) is 9.85. The van der Waals surface area contributed by atoms with Gasteiger partial charge in [-0.15, -0.1) is 0 Å². The molecule has 104 valence electrons. The molecule has 0 aromatic carbocycles. The highest BCUT2D eigenvalue weighted by Crippen LogP contribution is 2.25. The molecule has 2 N–H and O–H groups in total. The minimum Gasteiger partial charge on any atom is -0.465 e. The van der Waals surface area contributed by atoms with Crippen LogP contribution in [0.1, 0.15) is 12.1 Å². The van der Waals surface area contributed by atoms with Gasteiger partial charge in [-0.25, -0.2) is 27.9 Å². The molecule has 8 heteroatoms. The third kappa shape index (κ3) is 3.02. The predicted octanol–water partition coefficient (Wildman–Crippen LogP) is 3.31. The molecule has 0 bridgehead atoms. The van der Waals surface area contributed by atoms with Crippen LogP contribution in [0.5, 0.6) is 0 Å². The zero-order valence-corrected chi connectivity index (χ0v) is 9.85. The second-order valence-corrected chi connectivity index (χ2v) is 3.72. The lowest BCUT2D eigenvalue weighted by molar-refractivity contribution is 0.140. The molecule has 2 aromatic heterocycles. The highest BCUT2D eigenvalue weighted by Gasteiger charge is 2.16. The van der Waals surface area contributed by atoms with Crippen LogP contribution in [0.25, 0.3) is 11.3 Å². The summed E-state index contributed by atoms with van der Waals surface area (Å²) in [6.45, 7) is 0. The largest absolute Gasteiger partial charge is 0.465 e. The molecular weight excluding hydrogens is 275 g/mol. The van der Waals surface area contributed by atoms with Crippen LogP contribution in [-0.4, -0.2) is 21.2 Å². The maximum atomic E-state index is 13.1. The van der Waals surface area contributed by atoms with Gasteiger partial charge in [0.25, 0.3) is 6.43 Å². The molecule has 1 amide bonds. The number of aromatic nitrogens is 2. The summed E-state index contributed by atoms with van der Waals surface area (Å²) in [5.41, 5.74) is -0.518. The van der Waals surface area contributed by atoms with Crippen LogP contribution >= 0.6 is 0 Å². The third-order valence-electron chi connectivity index (χ3n) is 2.37. The molecule has 0 aliphatic heterocycles. The number of hydrogen-bond acceptors (Lipinski definition) is 3. The number of pyridine rings is 2. The van der Waals surface area contributed by atoms with Crippen LogP contribution in [0.4, 0.5) is 23.8 Å². The Kier molecular flexibility index (Phi) is 3.83. The highest BCUT2D eigenvalue weighted by atomic mass is 19.3. The average Bonchev–Trinajstić information content (AvgIpc) is 2.38. The molecule has 0 fully saturated rings. The van der Waals surface area contributed by atoms with Crippen molar-refractivity contribution in [2.24, 2.45) is 0 Å². The molecule has 2 heterocycles. The predicted molar refractivity (Wildman–Crippen MR) is 64.0 cm³/mol. The molecule has 0 aliphatic carbocycles. The smallest absolute Gasteiger partial charge is 0.410 e. The van der Waals surface area contributed by atoms with Gasteiger partial charge in [0.1, 0.15) is 11.5 Å². The van der Waals surface area contributed by atoms with E-state index in [-0.39, 0.29) is 11.5 Å². The molecule has 0 saturated heterocycles. The maximum absolute atomic E-state index is 13.1. The maximum Gasteiger partial charge on any atom is 0.410 e. The summed E-state index contributed by atoms with van der Waals surface area (Å²) in [5, 5.41) is 10.6. The minimum atomic E-state index is -3.03. The second-order valence-electron chi connectivity index (χ2n) is 3.72. The number of rotatable bonds is 3. The number of nitrogens with one attached hydrogen (secondary N) is 1. The number of alkyl halides is 2. The lowest BCUT2D eigenvalue weighted by atomic mass is 10.1. The van der Waals surface area contributed by atoms with Gasteiger partial charge in [-0.05, 0) is 24.3 Å². The van der Waals surface area contributed by atoms with Crippen LogP contribution in [0.2, 0.25) is 0 Å². The summed E-state index contributed by atoms with van der Waals surface area (Å²) in [7, 11) is 0. The van der Waals surface area contributed by atoms with E-state index in [4.69, 9.17) is 5.11 Å². The lowest BCUT2D eigenvalue weighted by Gasteiger charge is -2.06. The molecule has 0 spiro atoms. The third-order valence-corrected chi connectivity index (χ3v) is 2.37. The standard InChI is InChI=1S/C12H8F3N3O2/c13-7-1-2-8(17-10(7)11(14)15)6-3-4-16-9(5-6)18-12(19)20/h1-5,11H,(H,16,18)(H,19,20). The SMILES string of the molecule is O=C(O)Nc1cc(-c2ccc(F)c(C(F)F)n2)ccn1. The van der Waals surface area contributed by atoms with Gasteiger partial charge in [0.15, 0.2) is 5.82 Å². The van der Waals surface area contributed by atoms with E-state index in [9.17, 15) is 18.0 Å². The monoisotopic (exact) mass is 283 g/mol. The highest BCUT2D eigenvalue weighted by molar-refractivity contribution is 5.82. The summed E-state index contributed by atoms with van der Waals surface area (Å²) in [4.78, 5) is 17.8. The van der Waals surface area contributed by atoms with Gasteiger partial charge >= 0.3 is 6.09 Å². The topological polar surface area (TPSA) is 75.1 Å². The first kappa shape index (κ1) is 13.8. The first-order chi connectivity index (χ1) is 9.47. The van der Waals surface area contributed by atoms with Crippen LogP contribution in [-0.2, 0) is 0 Å². The first-order valence-electron chi connectivity index (χ1n) is 5.38. The summed E-state index contributed by atoms with van der Waals surface area (Å²) in [6.07, 6.45) is -3.06. The fourth-order valence-electron chi connectivity index (χ4n) is 1.54. The van der Waals surface area contributed by atoms with Crippen molar-refractivity contribution in [2.45, 2.75) is 6.43 Å². The van der Waals surface area contributed by atoms with Gasteiger partial charge in [0.05, 0.1) is 5.69 Å². The molecule has 20 heavy (non-hydrogen) atoms. The number of halogens is 3. The number of carboxylic acid groups (broad SMARTS) is 1. The Morgan fingerprint density at radius 1 is 1.30 bits per heavy atom. The van der Waals surface area contributed by atoms with E-state index in [0.717, 1.165) is 6.07 Å². The van der Waals surface area contributed by atoms with Gasteiger partial charge < -0.3 is 5.11 Å². The average molecular weight is 283 g/mol. The first-order valence-corrected chi connectivity index (χ1v) is 5.38. The van der Waals surface area contributed by atoms with Crippen molar-refractivity contribution in [1.29, 1.82) is 0 Å². The number of anilines is 1. The van der Waals surface area contributed by atoms with E-state index >= 15 is 0 Å². The summed E-state index contributed by atoms with van der Waals surface area (Å²) < 4.78 is 38.3. The Hall–Kier alpha value is -2.64. The van der Waals surface area contributed by atoms with Crippen LogP contribution in [0.3, 0.4) is 0 Å². The fourth-order valence-corrected chi connectivity index (χ4v) is 1.54. The summed E-state index contributed by atoms with van der Waals surface area (Å²) in [6, 6.07) is 4.86. The lowest BCUT2D eigenvalue weighted by Crippen LogP contribution is -2.08. The number of amides is 1. The molecule has 0 aliphatic rings. The summed E-state index contributed by atoms with van der Waals surface area (Å²) >= 11 is 0. The van der Waals surface area contributed by atoms with Gasteiger partial charge in [-0.2, -0.15) is 0 Å². The molecular formula is C12H8F3N3O2. The van der Waals surface area contributed by atoms with Gasteiger partial charge in [0.2, 0.25) is 0 Å².